The Morgan fingerprint density at radius 1 is 1.50 bits per heavy atom. The summed E-state index contributed by atoms with van der Waals surface area (Å²) in [6, 6.07) is 4.05. The third kappa shape index (κ3) is 2.56. The Kier molecular flexibility index (Phi) is 3.71. The molecule has 1 fully saturated rings. The van der Waals surface area contributed by atoms with Gasteiger partial charge in [-0.2, -0.15) is 0 Å². The second kappa shape index (κ2) is 5.10. The van der Waals surface area contributed by atoms with Crippen molar-refractivity contribution in [3.8, 4) is 0 Å². The Labute approximate surface area is 111 Å². The largest absolute Gasteiger partial charge is 0.340 e. The minimum Gasteiger partial charge on any atom is -0.340 e. The van der Waals surface area contributed by atoms with Gasteiger partial charge in [-0.3, -0.25) is 9.59 Å². The number of nitrogens with one attached hydrogen (secondary N) is 1. The number of rotatable bonds is 4. The smallest absolute Gasteiger partial charge is 0.248 e. The van der Waals surface area contributed by atoms with E-state index in [-0.39, 0.29) is 18.4 Å². The van der Waals surface area contributed by atoms with Crippen molar-refractivity contribution in [2.45, 2.75) is 32.2 Å². The van der Waals surface area contributed by atoms with Crippen LogP contribution in [0.15, 0.2) is 17.5 Å². The molecule has 98 valence electrons. The zero-order chi connectivity index (χ0) is 13.2. The van der Waals surface area contributed by atoms with Crippen molar-refractivity contribution >= 4 is 23.2 Å². The van der Waals surface area contributed by atoms with Crippen molar-refractivity contribution < 1.29 is 9.59 Å². The Morgan fingerprint density at radius 2 is 2.28 bits per heavy atom. The number of hydrogen-bond donors (Lipinski definition) is 1. The normalized spacial score (nSPS) is 24.2. The van der Waals surface area contributed by atoms with E-state index in [1.165, 1.54) is 4.88 Å². The van der Waals surface area contributed by atoms with Crippen molar-refractivity contribution in [2.75, 3.05) is 13.1 Å². The van der Waals surface area contributed by atoms with E-state index in [2.05, 4.69) is 11.4 Å². The molecule has 1 atom stereocenters. The second-order valence-corrected chi connectivity index (χ2v) is 5.82. The highest BCUT2D eigenvalue weighted by atomic mass is 32.1. The second-order valence-electron chi connectivity index (χ2n) is 4.79. The van der Waals surface area contributed by atoms with Crippen LogP contribution in [-0.4, -0.2) is 35.3 Å². The Morgan fingerprint density at radius 3 is 2.89 bits per heavy atom. The minimum atomic E-state index is -0.731. The first kappa shape index (κ1) is 13.1. The number of thiophene rings is 1. The van der Waals surface area contributed by atoms with Crippen LogP contribution in [0.1, 0.15) is 25.1 Å². The summed E-state index contributed by atoms with van der Waals surface area (Å²) < 4.78 is 0. The summed E-state index contributed by atoms with van der Waals surface area (Å²) in [5, 5.41) is 4.81. The van der Waals surface area contributed by atoms with Gasteiger partial charge in [-0.15, -0.1) is 11.3 Å². The maximum absolute atomic E-state index is 12.3. The average Bonchev–Trinajstić information content (AvgIpc) is 2.85. The standard InChI is InChI=1S/C13H18N2O2S/c1-3-13(2)12(17)15(9-11(16)14-13)7-6-10-5-4-8-18-10/h4-5,8H,3,6-7,9H2,1-2H3,(H,14,16). The molecule has 0 radical (unpaired) electrons. The number of piperazine rings is 1. The molecule has 4 nitrogen and oxygen atoms in total. The average molecular weight is 266 g/mol. The van der Waals surface area contributed by atoms with Gasteiger partial charge >= 0.3 is 0 Å². The summed E-state index contributed by atoms with van der Waals surface area (Å²) >= 11 is 1.68. The molecule has 0 aromatic carbocycles. The zero-order valence-corrected chi connectivity index (χ0v) is 11.5. The highest BCUT2D eigenvalue weighted by molar-refractivity contribution is 7.09. The highest BCUT2D eigenvalue weighted by Gasteiger charge is 2.41. The monoisotopic (exact) mass is 266 g/mol. The van der Waals surface area contributed by atoms with Gasteiger partial charge in [0.2, 0.25) is 11.8 Å². The summed E-state index contributed by atoms with van der Waals surface area (Å²) in [6.07, 6.45) is 1.43. The molecule has 1 unspecified atom stereocenters. The van der Waals surface area contributed by atoms with Gasteiger partial charge < -0.3 is 10.2 Å². The van der Waals surface area contributed by atoms with Gasteiger partial charge in [0.25, 0.3) is 0 Å². The topological polar surface area (TPSA) is 49.4 Å². The first-order valence-corrected chi connectivity index (χ1v) is 7.06. The zero-order valence-electron chi connectivity index (χ0n) is 10.7. The van der Waals surface area contributed by atoms with Crippen LogP contribution >= 0.6 is 11.3 Å². The van der Waals surface area contributed by atoms with E-state index in [1.807, 2.05) is 18.4 Å². The molecule has 2 amide bonds. The van der Waals surface area contributed by atoms with Gasteiger partial charge in [-0.1, -0.05) is 13.0 Å². The number of carbonyl (C=O) groups excluding carboxylic acids is 2. The molecule has 1 aliphatic rings. The minimum absolute atomic E-state index is 0.0288. The SMILES string of the molecule is CCC1(C)NC(=O)CN(CCc2cccs2)C1=O. The lowest BCUT2D eigenvalue weighted by molar-refractivity contribution is -0.149. The van der Waals surface area contributed by atoms with Crippen LogP contribution in [0.2, 0.25) is 0 Å². The maximum Gasteiger partial charge on any atom is 0.248 e. The van der Waals surface area contributed by atoms with Gasteiger partial charge in [0.1, 0.15) is 5.54 Å². The summed E-state index contributed by atoms with van der Waals surface area (Å²) in [4.78, 5) is 26.9. The van der Waals surface area contributed by atoms with Crippen LogP contribution < -0.4 is 5.32 Å². The molecule has 0 aliphatic carbocycles. The van der Waals surface area contributed by atoms with E-state index in [0.29, 0.717) is 13.0 Å². The maximum atomic E-state index is 12.3. The summed E-state index contributed by atoms with van der Waals surface area (Å²) in [5.74, 6) is -0.0358. The lowest BCUT2D eigenvalue weighted by Gasteiger charge is -2.39. The van der Waals surface area contributed by atoms with Crippen LogP contribution in [0, 0.1) is 0 Å². The van der Waals surface area contributed by atoms with Gasteiger partial charge in [-0.05, 0) is 31.2 Å². The molecule has 1 aromatic rings. The molecule has 0 saturated carbocycles. The van der Waals surface area contributed by atoms with Gasteiger partial charge in [0, 0.05) is 11.4 Å². The molecule has 2 heterocycles. The van der Waals surface area contributed by atoms with Crippen molar-refractivity contribution in [3.63, 3.8) is 0 Å². The first-order valence-electron chi connectivity index (χ1n) is 6.18. The molecule has 18 heavy (non-hydrogen) atoms. The number of nitrogens with zero attached hydrogens (tertiary/aromatic N) is 1. The summed E-state index contributed by atoms with van der Waals surface area (Å²) in [7, 11) is 0. The lowest BCUT2D eigenvalue weighted by atomic mass is 9.94. The lowest BCUT2D eigenvalue weighted by Crippen LogP contribution is -2.65. The van der Waals surface area contributed by atoms with Crippen LogP contribution in [0.3, 0.4) is 0 Å². The Bertz CT molecular complexity index is 444. The van der Waals surface area contributed by atoms with Crippen molar-refractivity contribution in [1.82, 2.24) is 10.2 Å². The Hall–Kier alpha value is -1.36. The van der Waals surface area contributed by atoms with Crippen LogP contribution in [-0.2, 0) is 16.0 Å². The quantitative estimate of drug-likeness (QED) is 0.896. The predicted molar refractivity (Wildman–Crippen MR) is 71.4 cm³/mol. The Balaban J connectivity index is 2.03. The first-order chi connectivity index (χ1) is 8.55. The van der Waals surface area contributed by atoms with Gasteiger partial charge in [-0.25, -0.2) is 0 Å². The number of amides is 2. The molecular weight excluding hydrogens is 248 g/mol. The third-order valence-electron chi connectivity index (χ3n) is 3.42. The summed E-state index contributed by atoms with van der Waals surface area (Å²) in [5.41, 5.74) is -0.731. The predicted octanol–water partition coefficient (Wildman–Crippen LogP) is 1.42. The third-order valence-corrected chi connectivity index (χ3v) is 4.36. The molecule has 1 saturated heterocycles. The fraction of sp³-hybridized carbons (Fsp3) is 0.538. The van der Waals surface area contributed by atoms with Crippen molar-refractivity contribution in [2.24, 2.45) is 0 Å². The van der Waals surface area contributed by atoms with E-state index >= 15 is 0 Å². The van der Waals surface area contributed by atoms with Crippen LogP contribution in [0.5, 0.6) is 0 Å². The summed E-state index contributed by atoms with van der Waals surface area (Å²) in [6.45, 7) is 4.51. The molecule has 2 rings (SSSR count). The molecule has 0 bridgehead atoms. The van der Waals surface area contributed by atoms with E-state index < -0.39 is 5.54 Å². The number of hydrogen-bond acceptors (Lipinski definition) is 3. The molecular formula is C13H18N2O2S. The van der Waals surface area contributed by atoms with E-state index in [4.69, 9.17) is 0 Å². The van der Waals surface area contributed by atoms with E-state index in [1.54, 1.807) is 23.2 Å². The van der Waals surface area contributed by atoms with Gasteiger partial charge in [0.05, 0.1) is 6.54 Å². The van der Waals surface area contributed by atoms with Gasteiger partial charge in [0.15, 0.2) is 0 Å². The molecule has 1 aliphatic heterocycles. The van der Waals surface area contributed by atoms with Crippen molar-refractivity contribution in [3.05, 3.63) is 22.4 Å². The van der Waals surface area contributed by atoms with Crippen molar-refractivity contribution in [1.29, 1.82) is 0 Å². The fourth-order valence-electron chi connectivity index (χ4n) is 2.12. The molecule has 5 heteroatoms. The van der Waals surface area contributed by atoms with E-state index in [0.717, 1.165) is 6.42 Å². The number of carbonyl (C=O) groups is 2. The van der Waals surface area contributed by atoms with Crippen LogP contribution in [0.4, 0.5) is 0 Å². The molecule has 0 spiro atoms. The molecule has 1 aromatic heterocycles. The van der Waals surface area contributed by atoms with Crippen LogP contribution in [0.25, 0.3) is 0 Å². The fourth-order valence-corrected chi connectivity index (χ4v) is 2.81. The highest BCUT2D eigenvalue weighted by Crippen LogP contribution is 2.18. The van der Waals surface area contributed by atoms with E-state index in [9.17, 15) is 9.59 Å². The molecule has 1 N–H and O–H groups in total.